The van der Waals surface area contributed by atoms with Crippen LogP contribution in [-0.2, 0) is 16.0 Å². The zero-order valence-corrected chi connectivity index (χ0v) is 14.6. The van der Waals surface area contributed by atoms with Gasteiger partial charge in [-0.25, -0.2) is 8.78 Å². The first kappa shape index (κ1) is 19.3. The van der Waals surface area contributed by atoms with E-state index in [2.05, 4.69) is 0 Å². The van der Waals surface area contributed by atoms with Crippen molar-refractivity contribution in [3.05, 3.63) is 34.9 Å². The van der Waals surface area contributed by atoms with E-state index < -0.39 is 29.6 Å². The monoisotopic (exact) mass is 353 g/mol. The number of carbonyl (C=O) groups excluding carboxylic acids is 2. The first-order chi connectivity index (χ1) is 11.8. The fraction of sp³-hybridized carbons (Fsp3) is 0.556. The number of nitrogens with zero attached hydrogens (tertiary/aromatic N) is 1. The maximum atomic E-state index is 13.6. The summed E-state index contributed by atoms with van der Waals surface area (Å²) >= 11 is 0. The Morgan fingerprint density at radius 3 is 2.48 bits per heavy atom. The first-order valence-electron chi connectivity index (χ1n) is 8.62. The minimum Gasteiger partial charge on any atom is -0.368 e. The molecule has 0 bridgehead atoms. The standard InChI is InChI=1S/C18H25F2N3O2/c1-3-16(18(22)25)23(4-2)17(24)9-15(21)11-6-5-10-7-13(19)14(20)8-12(10)11/h7-8,11,15-16H,3-6,9,21H2,1-2H3,(H2,22,25). The van der Waals surface area contributed by atoms with E-state index >= 15 is 0 Å². The average molecular weight is 353 g/mol. The van der Waals surface area contributed by atoms with E-state index in [1.807, 2.05) is 0 Å². The third-order valence-corrected chi connectivity index (χ3v) is 4.99. The topological polar surface area (TPSA) is 89.4 Å². The van der Waals surface area contributed by atoms with Crippen LogP contribution in [0.2, 0.25) is 0 Å². The van der Waals surface area contributed by atoms with Crippen molar-refractivity contribution >= 4 is 11.8 Å². The molecule has 0 heterocycles. The highest BCUT2D eigenvalue weighted by atomic mass is 19.2. The molecule has 0 aliphatic heterocycles. The lowest BCUT2D eigenvalue weighted by atomic mass is 9.91. The van der Waals surface area contributed by atoms with E-state index in [-0.39, 0.29) is 18.2 Å². The van der Waals surface area contributed by atoms with Crippen LogP contribution in [0.3, 0.4) is 0 Å². The minimum absolute atomic E-state index is 0.0285. The molecule has 4 N–H and O–H groups in total. The maximum Gasteiger partial charge on any atom is 0.240 e. The molecule has 3 unspecified atom stereocenters. The molecule has 2 amide bonds. The van der Waals surface area contributed by atoms with E-state index in [9.17, 15) is 18.4 Å². The van der Waals surface area contributed by atoms with Crippen LogP contribution in [0.5, 0.6) is 0 Å². The van der Waals surface area contributed by atoms with Gasteiger partial charge in [0.2, 0.25) is 11.8 Å². The molecule has 2 rings (SSSR count). The molecule has 0 saturated heterocycles. The van der Waals surface area contributed by atoms with Gasteiger partial charge < -0.3 is 16.4 Å². The molecular weight excluding hydrogens is 328 g/mol. The number of fused-ring (bicyclic) bond motifs is 1. The first-order valence-corrected chi connectivity index (χ1v) is 8.62. The van der Waals surface area contributed by atoms with Crippen LogP contribution >= 0.6 is 0 Å². The number of hydrogen-bond acceptors (Lipinski definition) is 3. The predicted molar refractivity (Wildman–Crippen MR) is 90.7 cm³/mol. The molecule has 1 aromatic rings. The second-order valence-electron chi connectivity index (χ2n) is 6.48. The Hall–Kier alpha value is -2.02. The van der Waals surface area contributed by atoms with Crippen LogP contribution in [0.4, 0.5) is 8.78 Å². The summed E-state index contributed by atoms with van der Waals surface area (Å²) in [5.41, 5.74) is 13.0. The van der Waals surface area contributed by atoms with Gasteiger partial charge in [0.25, 0.3) is 0 Å². The number of nitrogens with two attached hydrogens (primary N) is 2. The van der Waals surface area contributed by atoms with E-state index in [0.29, 0.717) is 31.4 Å². The second-order valence-corrected chi connectivity index (χ2v) is 6.48. The van der Waals surface area contributed by atoms with Gasteiger partial charge in [0.15, 0.2) is 11.6 Å². The van der Waals surface area contributed by atoms with E-state index in [1.165, 1.54) is 17.0 Å². The normalized spacial score (nSPS) is 18.5. The van der Waals surface area contributed by atoms with Crippen molar-refractivity contribution in [1.82, 2.24) is 4.90 Å². The van der Waals surface area contributed by atoms with Crippen LogP contribution in [0.1, 0.15) is 50.2 Å². The van der Waals surface area contributed by atoms with Gasteiger partial charge >= 0.3 is 0 Å². The van der Waals surface area contributed by atoms with Gasteiger partial charge in [0, 0.05) is 24.9 Å². The molecule has 1 aromatic carbocycles. The number of primary amides is 1. The smallest absolute Gasteiger partial charge is 0.240 e. The van der Waals surface area contributed by atoms with Crippen LogP contribution in [-0.4, -0.2) is 35.3 Å². The van der Waals surface area contributed by atoms with Crippen molar-refractivity contribution in [2.45, 2.75) is 57.5 Å². The van der Waals surface area contributed by atoms with E-state index in [4.69, 9.17) is 11.5 Å². The van der Waals surface area contributed by atoms with Crippen molar-refractivity contribution in [3.63, 3.8) is 0 Å². The molecule has 0 spiro atoms. The fourth-order valence-corrected chi connectivity index (χ4v) is 3.68. The molecule has 1 aliphatic carbocycles. The van der Waals surface area contributed by atoms with Gasteiger partial charge in [-0.05, 0) is 49.4 Å². The SMILES string of the molecule is CCC(C(N)=O)N(CC)C(=O)CC(N)C1CCc2cc(F)c(F)cc21. The zero-order chi connectivity index (χ0) is 18.7. The lowest BCUT2D eigenvalue weighted by Gasteiger charge is -2.30. The minimum atomic E-state index is -0.904. The molecule has 0 saturated carbocycles. The van der Waals surface area contributed by atoms with Gasteiger partial charge in [-0.15, -0.1) is 0 Å². The van der Waals surface area contributed by atoms with Crippen molar-refractivity contribution in [1.29, 1.82) is 0 Å². The quantitative estimate of drug-likeness (QED) is 0.784. The van der Waals surface area contributed by atoms with Crippen molar-refractivity contribution in [2.24, 2.45) is 11.5 Å². The lowest BCUT2D eigenvalue weighted by Crippen LogP contribution is -2.49. The summed E-state index contributed by atoms with van der Waals surface area (Å²) < 4.78 is 26.9. The van der Waals surface area contributed by atoms with Crippen molar-refractivity contribution in [2.75, 3.05) is 6.54 Å². The number of amides is 2. The van der Waals surface area contributed by atoms with Gasteiger partial charge in [-0.3, -0.25) is 9.59 Å². The second kappa shape index (κ2) is 7.91. The molecule has 7 heteroatoms. The van der Waals surface area contributed by atoms with Crippen LogP contribution in [0.25, 0.3) is 0 Å². The third-order valence-electron chi connectivity index (χ3n) is 4.99. The number of benzene rings is 1. The number of halogens is 2. The van der Waals surface area contributed by atoms with Gasteiger partial charge in [0.05, 0.1) is 0 Å². The predicted octanol–water partition coefficient (Wildman–Crippen LogP) is 1.82. The highest BCUT2D eigenvalue weighted by Gasteiger charge is 2.33. The molecular formula is C18H25F2N3O2. The fourth-order valence-electron chi connectivity index (χ4n) is 3.68. The Kier molecular flexibility index (Phi) is 6.11. The van der Waals surface area contributed by atoms with Gasteiger partial charge in [-0.1, -0.05) is 6.92 Å². The van der Waals surface area contributed by atoms with Gasteiger partial charge in [0.1, 0.15) is 6.04 Å². The molecule has 138 valence electrons. The van der Waals surface area contributed by atoms with Crippen molar-refractivity contribution < 1.29 is 18.4 Å². The summed E-state index contributed by atoms with van der Waals surface area (Å²) in [6, 6.07) is 1.20. The Morgan fingerprint density at radius 1 is 1.28 bits per heavy atom. The number of likely N-dealkylation sites (N-methyl/N-ethyl adjacent to an activating group) is 1. The van der Waals surface area contributed by atoms with Crippen molar-refractivity contribution in [3.8, 4) is 0 Å². The summed E-state index contributed by atoms with van der Waals surface area (Å²) in [6.07, 6.45) is 1.71. The Morgan fingerprint density at radius 2 is 1.92 bits per heavy atom. The summed E-state index contributed by atoms with van der Waals surface area (Å²) in [5.74, 6) is -2.78. The molecule has 0 radical (unpaired) electrons. The van der Waals surface area contributed by atoms with E-state index in [1.54, 1.807) is 13.8 Å². The number of aryl methyl sites for hydroxylation is 1. The van der Waals surface area contributed by atoms with E-state index in [0.717, 1.165) is 5.56 Å². The number of carbonyl (C=O) groups is 2. The molecule has 5 nitrogen and oxygen atoms in total. The largest absolute Gasteiger partial charge is 0.368 e. The van der Waals surface area contributed by atoms with Gasteiger partial charge in [-0.2, -0.15) is 0 Å². The zero-order valence-electron chi connectivity index (χ0n) is 14.6. The molecule has 25 heavy (non-hydrogen) atoms. The Balaban J connectivity index is 2.13. The average Bonchev–Trinajstić information content (AvgIpc) is 2.94. The third kappa shape index (κ3) is 3.98. The highest BCUT2D eigenvalue weighted by molar-refractivity contribution is 5.86. The summed E-state index contributed by atoms with van der Waals surface area (Å²) in [7, 11) is 0. The number of rotatable bonds is 7. The highest BCUT2D eigenvalue weighted by Crippen LogP contribution is 2.37. The summed E-state index contributed by atoms with van der Waals surface area (Å²) in [4.78, 5) is 25.5. The number of hydrogen-bond donors (Lipinski definition) is 2. The molecule has 0 fully saturated rings. The van der Waals surface area contributed by atoms with Crippen LogP contribution in [0.15, 0.2) is 12.1 Å². The maximum absolute atomic E-state index is 13.6. The molecule has 3 atom stereocenters. The lowest BCUT2D eigenvalue weighted by molar-refractivity contribution is -0.139. The summed E-state index contributed by atoms with van der Waals surface area (Å²) in [6.45, 7) is 3.92. The van der Waals surface area contributed by atoms with Crippen LogP contribution < -0.4 is 11.5 Å². The summed E-state index contributed by atoms with van der Waals surface area (Å²) in [5, 5.41) is 0. The van der Waals surface area contributed by atoms with Crippen LogP contribution in [0, 0.1) is 11.6 Å². The molecule has 0 aromatic heterocycles. The Bertz CT molecular complexity index is 666. The Labute approximate surface area is 146 Å². The molecule has 1 aliphatic rings.